The Morgan fingerprint density at radius 2 is 1.61 bits per heavy atom. The van der Waals surface area contributed by atoms with Crippen molar-refractivity contribution in [3.63, 3.8) is 0 Å². The molecular weight excluding hydrogens is 394 g/mol. The Hall–Kier alpha value is -2.77. The Labute approximate surface area is 184 Å². The molecule has 8 heteroatoms. The van der Waals surface area contributed by atoms with Gasteiger partial charge in [0.2, 0.25) is 5.91 Å². The van der Waals surface area contributed by atoms with Crippen LogP contribution in [0.5, 0.6) is 0 Å². The summed E-state index contributed by atoms with van der Waals surface area (Å²) in [6, 6.07) is 6.85. The van der Waals surface area contributed by atoms with Crippen molar-refractivity contribution >= 4 is 29.3 Å². The van der Waals surface area contributed by atoms with Gasteiger partial charge in [0.05, 0.1) is 5.92 Å². The monoisotopic (exact) mass is 429 g/mol. The van der Waals surface area contributed by atoms with Crippen LogP contribution < -0.4 is 21.3 Å². The molecule has 0 spiro atoms. The van der Waals surface area contributed by atoms with E-state index in [-0.39, 0.29) is 23.9 Å². The second-order valence-electron chi connectivity index (χ2n) is 8.52. The maximum atomic E-state index is 12.7. The van der Waals surface area contributed by atoms with Crippen LogP contribution in [0.15, 0.2) is 24.3 Å². The third kappa shape index (κ3) is 7.15. The fourth-order valence-electron chi connectivity index (χ4n) is 4.19. The molecule has 8 nitrogen and oxygen atoms in total. The molecule has 3 rings (SSSR count). The Morgan fingerprint density at radius 1 is 0.935 bits per heavy atom. The van der Waals surface area contributed by atoms with E-state index in [4.69, 9.17) is 0 Å². The molecule has 0 aromatic heterocycles. The van der Waals surface area contributed by atoms with E-state index in [1.165, 1.54) is 19.3 Å². The van der Waals surface area contributed by atoms with E-state index in [1.54, 1.807) is 29.2 Å². The van der Waals surface area contributed by atoms with Crippen molar-refractivity contribution in [2.45, 2.75) is 64.3 Å². The molecule has 0 unspecified atom stereocenters. The van der Waals surface area contributed by atoms with E-state index >= 15 is 0 Å². The fraction of sp³-hybridized carbons (Fsp3) is 0.609. The second-order valence-corrected chi connectivity index (χ2v) is 8.52. The van der Waals surface area contributed by atoms with Crippen molar-refractivity contribution in [1.29, 1.82) is 0 Å². The molecule has 1 aromatic carbocycles. The van der Waals surface area contributed by atoms with Gasteiger partial charge in [-0.25, -0.2) is 9.59 Å². The van der Waals surface area contributed by atoms with Crippen molar-refractivity contribution < 1.29 is 14.4 Å². The molecule has 1 saturated carbocycles. The highest BCUT2D eigenvalue weighted by Crippen LogP contribution is 2.22. The van der Waals surface area contributed by atoms with Crippen LogP contribution in [0.4, 0.5) is 21.0 Å². The average Bonchev–Trinajstić information content (AvgIpc) is 2.79. The predicted molar refractivity (Wildman–Crippen MR) is 122 cm³/mol. The third-order valence-electron chi connectivity index (χ3n) is 5.96. The highest BCUT2D eigenvalue weighted by Gasteiger charge is 2.29. The summed E-state index contributed by atoms with van der Waals surface area (Å²) < 4.78 is 0. The van der Waals surface area contributed by atoms with Crippen LogP contribution in [0.3, 0.4) is 0 Å². The van der Waals surface area contributed by atoms with Gasteiger partial charge in [-0.1, -0.05) is 26.2 Å². The molecule has 0 bridgehead atoms. The first-order valence-electron chi connectivity index (χ1n) is 11.6. The Kier molecular flexibility index (Phi) is 8.55. The summed E-state index contributed by atoms with van der Waals surface area (Å²) in [5, 5.41) is 11.6. The number of likely N-dealkylation sites (tertiary alicyclic amines) is 1. The summed E-state index contributed by atoms with van der Waals surface area (Å²) >= 11 is 0. The molecular formula is C23H35N5O3. The summed E-state index contributed by atoms with van der Waals surface area (Å²) in [5.74, 6) is -0.0594. The zero-order chi connectivity index (χ0) is 22.1. The molecule has 1 atom stereocenters. The number of amides is 5. The summed E-state index contributed by atoms with van der Waals surface area (Å²) in [5.41, 5.74) is 1.31. The number of anilines is 2. The van der Waals surface area contributed by atoms with Gasteiger partial charge in [0.15, 0.2) is 0 Å². The van der Waals surface area contributed by atoms with E-state index in [1.807, 2.05) is 6.92 Å². The smallest absolute Gasteiger partial charge is 0.321 e. The molecule has 0 radical (unpaired) electrons. The lowest BCUT2D eigenvalue weighted by Crippen LogP contribution is -2.48. The molecule has 5 amide bonds. The van der Waals surface area contributed by atoms with Gasteiger partial charge in [-0.15, -0.1) is 0 Å². The van der Waals surface area contributed by atoms with E-state index in [0.29, 0.717) is 37.1 Å². The number of rotatable bonds is 6. The first-order valence-corrected chi connectivity index (χ1v) is 11.6. The number of piperidine rings is 1. The SMILES string of the molecule is CCCNC(=O)Nc1ccc(NC(=O)N2CCC[C@H](C(=O)NC3CCCCC3)C2)cc1. The molecule has 170 valence electrons. The number of hydrogen-bond donors (Lipinski definition) is 4. The molecule has 1 heterocycles. The van der Waals surface area contributed by atoms with Crippen molar-refractivity contribution in [3.05, 3.63) is 24.3 Å². The highest BCUT2D eigenvalue weighted by molar-refractivity contribution is 5.92. The summed E-state index contributed by atoms with van der Waals surface area (Å²) in [6.45, 7) is 3.71. The van der Waals surface area contributed by atoms with Crippen molar-refractivity contribution in [1.82, 2.24) is 15.5 Å². The van der Waals surface area contributed by atoms with Crippen LogP contribution in [-0.4, -0.2) is 48.5 Å². The van der Waals surface area contributed by atoms with Gasteiger partial charge in [-0.05, 0) is 56.4 Å². The zero-order valence-corrected chi connectivity index (χ0v) is 18.4. The maximum absolute atomic E-state index is 12.7. The van der Waals surface area contributed by atoms with Crippen LogP contribution in [0, 0.1) is 5.92 Å². The van der Waals surface area contributed by atoms with E-state index < -0.39 is 0 Å². The first kappa shape index (κ1) is 22.9. The van der Waals surface area contributed by atoms with Gasteiger partial charge in [0.1, 0.15) is 0 Å². The number of carbonyl (C=O) groups excluding carboxylic acids is 3. The van der Waals surface area contributed by atoms with Gasteiger partial charge in [-0.3, -0.25) is 4.79 Å². The quantitative estimate of drug-likeness (QED) is 0.551. The van der Waals surface area contributed by atoms with Crippen molar-refractivity contribution in [2.24, 2.45) is 5.92 Å². The molecule has 4 N–H and O–H groups in total. The Morgan fingerprint density at radius 3 is 2.29 bits per heavy atom. The Balaban J connectivity index is 1.47. The van der Waals surface area contributed by atoms with Gasteiger partial charge in [0, 0.05) is 37.1 Å². The van der Waals surface area contributed by atoms with E-state index in [2.05, 4.69) is 21.3 Å². The number of nitrogens with zero attached hydrogens (tertiary/aromatic N) is 1. The number of benzene rings is 1. The van der Waals surface area contributed by atoms with Crippen molar-refractivity contribution in [2.75, 3.05) is 30.3 Å². The summed E-state index contributed by atoms with van der Waals surface area (Å²) in [7, 11) is 0. The standard InChI is InChI=1S/C23H35N5O3/c1-2-14-24-22(30)26-19-10-12-20(13-11-19)27-23(31)28-15-6-7-17(16-28)21(29)25-18-8-4-3-5-9-18/h10-13,17-18H,2-9,14-16H2,1H3,(H,25,29)(H,27,31)(H2,24,26,30)/t17-/m0/s1. The van der Waals surface area contributed by atoms with Crippen LogP contribution in [-0.2, 0) is 4.79 Å². The van der Waals surface area contributed by atoms with Gasteiger partial charge < -0.3 is 26.2 Å². The number of carbonyl (C=O) groups is 3. The number of nitrogens with one attached hydrogen (secondary N) is 4. The van der Waals surface area contributed by atoms with Crippen LogP contribution in [0.1, 0.15) is 58.3 Å². The lowest BCUT2D eigenvalue weighted by Gasteiger charge is -2.33. The van der Waals surface area contributed by atoms with E-state index in [9.17, 15) is 14.4 Å². The molecule has 1 aromatic rings. The minimum atomic E-state index is -0.246. The normalized spacial score (nSPS) is 19.4. The second kappa shape index (κ2) is 11.6. The van der Waals surface area contributed by atoms with Crippen LogP contribution >= 0.6 is 0 Å². The molecule has 2 fully saturated rings. The maximum Gasteiger partial charge on any atom is 0.321 e. The predicted octanol–water partition coefficient (Wildman–Crippen LogP) is 3.91. The number of hydrogen-bond acceptors (Lipinski definition) is 3. The topological polar surface area (TPSA) is 103 Å². The van der Waals surface area contributed by atoms with Crippen molar-refractivity contribution in [3.8, 4) is 0 Å². The van der Waals surface area contributed by atoms with E-state index in [0.717, 1.165) is 32.1 Å². The largest absolute Gasteiger partial charge is 0.353 e. The molecule has 2 aliphatic rings. The molecule has 1 saturated heterocycles. The summed E-state index contributed by atoms with van der Waals surface area (Å²) in [4.78, 5) is 38.8. The van der Waals surface area contributed by atoms with Gasteiger partial charge in [-0.2, -0.15) is 0 Å². The van der Waals surface area contributed by atoms with Gasteiger partial charge >= 0.3 is 12.1 Å². The van der Waals surface area contributed by atoms with Crippen LogP contribution in [0.25, 0.3) is 0 Å². The zero-order valence-electron chi connectivity index (χ0n) is 18.4. The molecule has 31 heavy (non-hydrogen) atoms. The summed E-state index contributed by atoms with van der Waals surface area (Å²) in [6.07, 6.45) is 8.27. The Bertz CT molecular complexity index is 746. The average molecular weight is 430 g/mol. The van der Waals surface area contributed by atoms with Gasteiger partial charge in [0.25, 0.3) is 0 Å². The molecule has 1 aliphatic carbocycles. The lowest BCUT2D eigenvalue weighted by atomic mass is 9.93. The number of urea groups is 2. The first-order chi connectivity index (χ1) is 15.0. The van der Waals surface area contributed by atoms with Crippen LogP contribution in [0.2, 0.25) is 0 Å². The lowest BCUT2D eigenvalue weighted by molar-refractivity contribution is -0.127. The minimum absolute atomic E-state index is 0.0844. The highest BCUT2D eigenvalue weighted by atomic mass is 16.2. The minimum Gasteiger partial charge on any atom is -0.353 e. The molecule has 1 aliphatic heterocycles. The third-order valence-corrected chi connectivity index (χ3v) is 5.96. The fourth-order valence-corrected chi connectivity index (χ4v) is 4.19.